The summed E-state index contributed by atoms with van der Waals surface area (Å²) in [6.07, 6.45) is -4.50. The van der Waals surface area contributed by atoms with Gasteiger partial charge < -0.3 is 59.3 Å². The van der Waals surface area contributed by atoms with E-state index in [1.54, 1.807) is 28.1 Å². The predicted molar refractivity (Wildman–Crippen MR) is 181 cm³/mol. The number of nitrogens with zero attached hydrogens (tertiary/aromatic N) is 1. The molecule has 0 spiro atoms. The first-order valence-corrected chi connectivity index (χ1v) is 17.7. The van der Waals surface area contributed by atoms with E-state index in [9.17, 15) is 15.0 Å². The Morgan fingerprint density at radius 2 is 1.65 bits per heavy atom. The van der Waals surface area contributed by atoms with Crippen LogP contribution < -0.4 is 11.1 Å². The van der Waals surface area contributed by atoms with Crippen molar-refractivity contribution in [2.45, 2.75) is 160 Å². The number of likely N-dealkylation sites (N-methyl/N-ethyl adjacent to an activating group) is 1. The number of methoxy groups -OCH3 is 2. The molecule has 3 fully saturated rings. The van der Waals surface area contributed by atoms with Gasteiger partial charge in [0.05, 0.1) is 35.9 Å². The Bertz CT molecular complexity index is 1030. The van der Waals surface area contributed by atoms with E-state index in [0.29, 0.717) is 19.4 Å². The molecule has 3 aliphatic heterocycles. The molecule has 13 heteroatoms. The van der Waals surface area contributed by atoms with E-state index in [1.165, 1.54) is 0 Å². The number of hydrogen-bond acceptors (Lipinski definition) is 13. The van der Waals surface area contributed by atoms with Crippen molar-refractivity contribution in [1.82, 2.24) is 10.2 Å². The Morgan fingerprint density at radius 3 is 2.21 bits per heavy atom. The first-order chi connectivity index (χ1) is 22.3. The number of ether oxygens (including phenoxy) is 7. The molecule has 0 saturated carbocycles. The number of rotatable bonds is 8. The first-order valence-electron chi connectivity index (χ1n) is 17.7. The molecule has 3 aliphatic rings. The predicted octanol–water partition coefficient (Wildman–Crippen LogP) is 2.04. The minimum atomic E-state index is -1.42. The number of nitrogens with two attached hydrogens (primary N) is 1. The van der Waals surface area contributed by atoms with Gasteiger partial charge in [0, 0.05) is 45.2 Å². The summed E-state index contributed by atoms with van der Waals surface area (Å²) in [5, 5.41) is 27.2. The van der Waals surface area contributed by atoms with E-state index >= 15 is 0 Å². The Labute approximate surface area is 288 Å². The summed E-state index contributed by atoms with van der Waals surface area (Å²) >= 11 is 0. The lowest BCUT2D eigenvalue weighted by molar-refractivity contribution is -0.339. The second-order valence-electron chi connectivity index (χ2n) is 15.5. The van der Waals surface area contributed by atoms with Gasteiger partial charge in [-0.1, -0.05) is 13.8 Å². The fourth-order valence-electron chi connectivity index (χ4n) is 8.14. The minimum Gasteiger partial charge on any atom is -0.461 e. The molecule has 0 aromatic carbocycles. The molecule has 15 unspecified atom stereocenters. The summed E-state index contributed by atoms with van der Waals surface area (Å²) in [7, 11) is 7.02. The fourth-order valence-corrected chi connectivity index (χ4v) is 8.14. The highest BCUT2D eigenvalue weighted by atomic mass is 16.7. The van der Waals surface area contributed by atoms with Crippen LogP contribution in [0.1, 0.15) is 81.6 Å². The lowest BCUT2D eigenvalue weighted by Gasteiger charge is -2.55. The van der Waals surface area contributed by atoms with Crippen LogP contribution in [0.2, 0.25) is 0 Å². The van der Waals surface area contributed by atoms with E-state index in [-0.39, 0.29) is 37.1 Å². The molecule has 5 N–H and O–H groups in total. The lowest BCUT2D eigenvalue weighted by atomic mass is 9.75. The summed E-state index contributed by atoms with van der Waals surface area (Å²) in [6, 6.07) is -0.343. The van der Waals surface area contributed by atoms with Crippen molar-refractivity contribution in [3.63, 3.8) is 0 Å². The Kier molecular flexibility index (Phi) is 14.3. The molecule has 0 aliphatic carbocycles. The third-order valence-electron chi connectivity index (χ3n) is 11.5. The number of carbonyl (C=O) groups excluding carboxylic acids is 1. The Balaban J connectivity index is 2.09. The van der Waals surface area contributed by atoms with Crippen molar-refractivity contribution in [1.29, 1.82) is 0 Å². The third-order valence-corrected chi connectivity index (χ3v) is 11.5. The minimum absolute atomic E-state index is 0.0233. The zero-order valence-electron chi connectivity index (χ0n) is 31.7. The molecule has 48 heavy (non-hydrogen) atoms. The molecule has 3 heterocycles. The zero-order valence-corrected chi connectivity index (χ0v) is 31.7. The smallest absolute Gasteiger partial charge is 0.311 e. The van der Waals surface area contributed by atoms with Gasteiger partial charge in [-0.15, -0.1) is 0 Å². The van der Waals surface area contributed by atoms with Crippen LogP contribution in [0.3, 0.4) is 0 Å². The van der Waals surface area contributed by atoms with Gasteiger partial charge >= 0.3 is 5.97 Å². The number of carbonyl (C=O) groups is 1. The average Bonchev–Trinajstić information content (AvgIpc) is 3.01. The maximum atomic E-state index is 13.8. The van der Waals surface area contributed by atoms with E-state index in [2.05, 4.69) is 12.2 Å². The van der Waals surface area contributed by atoms with Crippen LogP contribution in [-0.2, 0) is 38.0 Å². The van der Waals surface area contributed by atoms with Crippen LogP contribution >= 0.6 is 0 Å². The topological polar surface area (TPSA) is 163 Å². The van der Waals surface area contributed by atoms with Gasteiger partial charge in [0.2, 0.25) is 0 Å². The van der Waals surface area contributed by atoms with E-state index in [0.717, 1.165) is 0 Å². The maximum absolute atomic E-state index is 13.8. The van der Waals surface area contributed by atoms with Gasteiger partial charge in [0.15, 0.2) is 12.6 Å². The second kappa shape index (κ2) is 16.6. The number of cyclic esters (lactones) is 1. The number of aliphatic hydroxyl groups is 2. The van der Waals surface area contributed by atoms with Crippen LogP contribution in [0.4, 0.5) is 0 Å². The van der Waals surface area contributed by atoms with Crippen LogP contribution in [0, 0.1) is 17.8 Å². The van der Waals surface area contributed by atoms with Crippen molar-refractivity contribution in [3.8, 4) is 0 Å². The molecule has 282 valence electrons. The highest BCUT2D eigenvalue weighted by Crippen LogP contribution is 2.44. The number of esters is 1. The lowest BCUT2D eigenvalue weighted by Crippen LogP contribution is -2.70. The quantitative estimate of drug-likeness (QED) is 0.274. The maximum Gasteiger partial charge on any atom is 0.311 e. The Morgan fingerprint density at radius 1 is 1.00 bits per heavy atom. The van der Waals surface area contributed by atoms with Crippen LogP contribution in [0.25, 0.3) is 0 Å². The van der Waals surface area contributed by atoms with Crippen molar-refractivity contribution < 1.29 is 48.2 Å². The third kappa shape index (κ3) is 8.72. The molecule has 3 saturated heterocycles. The molecule has 0 radical (unpaired) electrons. The van der Waals surface area contributed by atoms with Crippen LogP contribution in [-0.4, -0.2) is 141 Å². The zero-order chi connectivity index (χ0) is 36.4. The average molecular weight is 690 g/mol. The van der Waals surface area contributed by atoms with Crippen LogP contribution in [0.15, 0.2) is 0 Å². The molecule has 3 rings (SSSR count). The summed E-state index contributed by atoms with van der Waals surface area (Å²) < 4.78 is 44.1. The van der Waals surface area contributed by atoms with Crippen molar-refractivity contribution in [3.05, 3.63) is 0 Å². The second-order valence-corrected chi connectivity index (χ2v) is 15.5. The van der Waals surface area contributed by atoms with Gasteiger partial charge in [-0.25, -0.2) is 0 Å². The van der Waals surface area contributed by atoms with Crippen molar-refractivity contribution in [2.24, 2.45) is 23.5 Å². The van der Waals surface area contributed by atoms with Gasteiger partial charge in [0.25, 0.3) is 0 Å². The van der Waals surface area contributed by atoms with Crippen LogP contribution in [0.5, 0.6) is 0 Å². The van der Waals surface area contributed by atoms with Gasteiger partial charge in [-0.05, 0) is 87.9 Å². The molecule has 0 bridgehead atoms. The highest BCUT2D eigenvalue weighted by molar-refractivity contribution is 5.73. The fraction of sp³-hybridized carbons (Fsp3) is 0.971. The molecule has 0 aromatic heterocycles. The SMILES string of the molecule is COC1(C)CC(OC2C(C)C(=O)O[C@H](C)C(C)NCC(C)CC(C)(O)C(OC3OC(C)CC(N(C)C)C3O)C2C)OC(C)C1(CN)OC. The van der Waals surface area contributed by atoms with Gasteiger partial charge in [-0.2, -0.15) is 0 Å². The summed E-state index contributed by atoms with van der Waals surface area (Å²) in [5.41, 5.74) is 2.99. The van der Waals surface area contributed by atoms with E-state index in [1.807, 2.05) is 60.5 Å². The summed E-state index contributed by atoms with van der Waals surface area (Å²) in [4.78, 5) is 15.8. The molecule has 0 aromatic rings. The molecule has 0 amide bonds. The van der Waals surface area contributed by atoms with Crippen molar-refractivity contribution >= 4 is 5.97 Å². The summed E-state index contributed by atoms with van der Waals surface area (Å²) in [6.45, 7) is 17.8. The number of aliphatic hydroxyl groups excluding tert-OH is 1. The summed E-state index contributed by atoms with van der Waals surface area (Å²) in [5.74, 6) is -1.83. The molecule has 16 atom stereocenters. The van der Waals surface area contributed by atoms with E-state index in [4.69, 9.17) is 38.9 Å². The number of hydrogen-bond donors (Lipinski definition) is 4. The molecular formula is C35H67N3O10. The normalized spacial score (nSPS) is 48.7. The highest BCUT2D eigenvalue weighted by Gasteiger charge is 2.59. The standard InChI is InChI=1S/C35H67N3O10/c1-19-15-33(8,41)30(48-32-28(39)26(38(10)11)14-20(2)44-32)21(3)29(22(4)31(40)45-24(6)23(5)37-17-19)47-27-16-34(9,42-12)35(18-36,43-13)25(7)46-27/h19-30,32,37,39,41H,14-18,36H2,1-13H3/t19?,20?,21?,22?,23?,24-,25?,26?,27?,28?,29?,30?,32?,33?,34?,35?/m1/s1. The van der Waals surface area contributed by atoms with E-state index < -0.39 is 77.7 Å². The first kappa shape index (κ1) is 41.5. The largest absolute Gasteiger partial charge is 0.461 e. The van der Waals surface area contributed by atoms with Gasteiger partial charge in [0.1, 0.15) is 23.4 Å². The molecule has 13 nitrogen and oxygen atoms in total. The Hall–Kier alpha value is -0.970. The molecular weight excluding hydrogens is 622 g/mol. The van der Waals surface area contributed by atoms with Gasteiger partial charge in [-0.3, -0.25) is 4.79 Å². The monoisotopic (exact) mass is 689 g/mol. The van der Waals surface area contributed by atoms with Crippen molar-refractivity contribution in [2.75, 3.05) is 41.4 Å². The number of nitrogens with one attached hydrogen (secondary N) is 1.